The third-order valence-corrected chi connectivity index (χ3v) is 6.01. The summed E-state index contributed by atoms with van der Waals surface area (Å²) in [6, 6.07) is 7.53. The second-order valence-corrected chi connectivity index (χ2v) is 8.64. The van der Waals surface area contributed by atoms with Crippen molar-refractivity contribution in [2.45, 2.75) is 52.5 Å². The van der Waals surface area contributed by atoms with Crippen LogP contribution in [0.2, 0.25) is 0 Å². The van der Waals surface area contributed by atoms with Gasteiger partial charge in [-0.05, 0) is 69.0 Å². The molecule has 1 saturated carbocycles. The first-order valence-electron chi connectivity index (χ1n) is 10.7. The lowest BCUT2D eigenvalue weighted by Gasteiger charge is -2.32. The molecule has 0 bridgehead atoms. The van der Waals surface area contributed by atoms with Crippen LogP contribution in [-0.2, 0) is 4.79 Å². The maximum Gasteiger partial charge on any atom is 0.511 e. The summed E-state index contributed by atoms with van der Waals surface area (Å²) in [5.74, 6) is 0.793. The van der Waals surface area contributed by atoms with Crippen molar-refractivity contribution >= 4 is 28.8 Å². The molecule has 3 aromatic rings. The molecule has 1 aliphatic carbocycles. The summed E-state index contributed by atoms with van der Waals surface area (Å²) < 4.78 is 6.59. The normalized spacial score (nSPS) is 19.0. The number of rotatable bonds is 5. The zero-order valence-corrected chi connectivity index (χ0v) is 18.0. The number of carbonyl (C=O) groups excluding carboxylic acids is 1. The Kier molecular flexibility index (Phi) is 5.71. The molecule has 1 aromatic carbocycles. The Morgan fingerprint density at radius 3 is 2.65 bits per heavy atom. The van der Waals surface area contributed by atoms with Crippen LogP contribution in [0.25, 0.3) is 16.6 Å². The van der Waals surface area contributed by atoms with Gasteiger partial charge in [0.05, 0.1) is 11.9 Å². The van der Waals surface area contributed by atoms with E-state index in [9.17, 15) is 14.7 Å². The number of nitrogens with one attached hydrogen (secondary N) is 1. The van der Waals surface area contributed by atoms with Gasteiger partial charge in [-0.15, -0.1) is 5.10 Å². The number of carboxylic acid groups (broad SMARTS) is 1. The molecule has 0 saturated heterocycles. The van der Waals surface area contributed by atoms with Crippen LogP contribution in [0.15, 0.2) is 36.7 Å². The number of benzene rings is 1. The van der Waals surface area contributed by atoms with Crippen LogP contribution in [0.3, 0.4) is 0 Å². The summed E-state index contributed by atoms with van der Waals surface area (Å²) in [5, 5.41) is 14.9. The van der Waals surface area contributed by atoms with Crippen molar-refractivity contribution in [2.75, 3.05) is 4.90 Å². The highest BCUT2D eigenvalue weighted by atomic mass is 16.7. The van der Waals surface area contributed by atoms with Gasteiger partial charge in [0.25, 0.3) is 0 Å². The van der Waals surface area contributed by atoms with E-state index in [-0.39, 0.29) is 29.4 Å². The number of carbonyl (C=O) groups is 2. The molecule has 0 spiro atoms. The zero-order valence-electron chi connectivity index (χ0n) is 18.0. The predicted molar refractivity (Wildman–Crippen MR) is 118 cm³/mol. The van der Waals surface area contributed by atoms with Crippen LogP contribution in [0.5, 0.6) is 5.75 Å². The van der Waals surface area contributed by atoms with Gasteiger partial charge >= 0.3 is 6.16 Å². The zero-order chi connectivity index (χ0) is 22.1. The molecule has 4 rings (SSSR count). The number of amides is 1. The summed E-state index contributed by atoms with van der Waals surface area (Å²) >= 11 is 0. The largest absolute Gasteiger partial charge is 0.511 e. The number of anilines is 1. The van der Waals surface area contributed by atoms with Gasteiger partial charge in [-0.25, -0.2) is 9.48 Å². The average molecular weight is 425 g/mol. The van der Waals surface area contributed by atoms with E-state index < -0.39 is 6.16 Å². The molecule has 0 aliphatic heterocycles. The van der Waals surface area contributed by atoms with Gasteiger partial charge in [-0.2, -0.15) is 0 Å². The molecule has 0 radical (unpaired) electrons. The summed E-state index contributed by atoms with van der Waals surface area (Å²) in [6.45, 7) is 6.01. The molecule has 1 amide bonds. The fourth-order valence-electron chi connectivity index (χ4n) is 4.30. The van der Waals surface area contributed by atoms with Crippen LogP contribution < -0.4 is 9.64 Å². The third kappa shape index (κ3) is 4.28. The van der Waals surface area contributed by atoms with Crippen molar-refractivity contribution in [3.8, 4) is 11.4 Å². The van der Waals surface area contributed by atoms with Crippen molar-refractivity contribution in [1.29, 1.82) is 0 Å². The third-order valence-electron chi connectivity index (χ3n) is 6.01. The average Bonchev–Trinajstić information content (AvgIpc) is 3.34. The first kappa shape index (κ1) is 21.0. The monoisotopic (exact) mass is 424 g/mol. The van der Waals surface area contributed by atoms with Gasteiger partial charge in [-0.1, -0.05) is 13.0 Å². The van der Waals surface area contributed by atoms with Crippen molar-refractivity contribution in [3.05, 3.63) is 36.7 Å². The Morgan fingerprint density at radius 1 is 1.23 bits per heavy atom. The molecule has 0 atom stereocenters. The van der Waals surface area contributed by atoms with Crippen LogP contribution >= 0.6 is 0 Å². The number of fused-ring (bicyclic) bond motifs is 1. The maximum atomic E-state index is 13.4. The van der Waals surface area contributed by atoms with Gasteiger partial charge in [0.15, 0.2) is 5.75 Å². The lowest BCUT2D eigenvalue weighted by molar-refractivity contribution is -0.124. The Labute approximate surface area is 180 Å². The lowest BCUT2D eigenvalue weighted by Crippen LogP contribution is -2.42. The minimum atomic E-state index is -1.44. The number of aromatic nitrogens is 3. The number of hydrogen-bond acceptors (Lipinski definition) is 4. The molecule has 1 aliphatic rings. The highest BCUT2D eigenvalue weighted by Crippen LogP contribution is 2.35. The molecule has 8 heteroatoms. The maximum absolute atomic E-state index is 13.4. The second-order valence-electron chi connectivity index (χ2n) is 8.64. The fraction of sp³-hybridized carbons (Fsp3) is 0.435. The molecule has 31 heavy (non-hydrogen) atoms. The molecular formula is C23H28N4O4. The first-order chi connectivity index (χ1) is 14.8. The van der Waals surface area contributed by atoms with E-state index in [2.05, 4.69) is 17.0 Å². The van der Waals surface area contributed by atoms with Gasteiger partial charge in [0.1, 0.15) is 0 Å². The van der Waals surface area contributed by atoms with E-state index >= 15 is 0 Å². The van der Waals surface area contributed by atoms with Crippen LogP contribution in [0.4, 0.5) is 10.6 Å². The Balaban J connectivity index is 1.73. The fourth-order valence-corrected chi connectivity index (χ4v) is 4.30. The first-order valence-corrected chi connectivity index (χ1v) is 10.7. The quantitative estimate of drug-likeness (QED) is 0.563. The number of ether oxygens (including phenoxy) is 1. The Hall–Kier alpha value is -3.29. The summed E-state index contributed by atoms with van der Waals surface area (Å²) in [4.78, 5) is 29.5. The highest BCUT2D eigenvalue weighted by molar-refractivity contribution is 5.96. The molecular weight excluding hydrogens is 396 g/mol. The van der Waals surface area contributed by atoms with E-state index in [4.69, 9.17) is 4.74 Å². The predicted octanol–water partition coefficient (Wildman–Crippen LogP) is 4.98. The molecule has 8 nitrogen and oxygen atoms in total. The number of hydrogen-bond donors (Lipinski definition) is 2. The van der Waals surface area contributed by atoms with Gasteiger partial charge in [0, 0.05) is 23.7 Å². The SMILES string of the molecule is CC1CCC(C(=O)N(c2nn(-c3ccc4cc[nH]c4c3)cc2OC(=O)O)C(C)C)CC1. The van der Waals surface area contributed by atoms with Gasteiger partial charge < -0.3 is 14.8 Å². The van der Waals surface area contributed by atoms with E-state index in [1.165, 1.54) is 6.20 Å². The molecule has 2 heterocycles. The van der Waals surface area contributed by atoms with Crippen LogP contribution in [-0.4, -0.2) is 38.0 Å². The van der Waals surface area contributed by atoms with Crippen molar-refractivity contribution in [1.82, 2.24) is 14.8 Å². The second kappa shape index (κ2) is 8.45. The van der Waals surface area contributed by atoms with Crippen molar-refractivity contribution in [3.63, 3.8) is 0 Å². The minimum Gasteiger partial charge on any atom is -0.449 e. The van der Waals surface area contributed by atoms with Gasteiger partial charge in [0.2, 0.25) is 11.7 Å². The smallest absolute Gasteiger partial charge is 0.449 e. The molecule has 0 unspecified atom stereocenters. The van der Waals surface area contributed by atoms with Gasteiger partial charge in [-0.3, -0.25) is 9.69 Å². The summed E-state index contributed by atoms with van der Waals surface area (Å²) in [6.07, 6.45) is 5.64. The highest BCUT2D eigenvalue weighted by Gasteiger charge is 2.34. The van der Waals surface area contributed by atoms with Crippen molar-refractivity contribution in [2.24, 2.45) is 11.8 Å². The number of H-pyrrole nitrogens is 1. The Morgan fingerprint density at radius 2 is 1.97 bits per heavy atom. The number of aromatic amines is 1. The van der Waals surface area contributed by atoms with E-state index in [1.807, 2.05) is 44.3 Å². The van der Waals surface area contributed by atoms with Crippen LogP contribution in [0.1, 0.15) is 46.5 Å². The lowest BCUT2D eigenvalue weighted by atomic mass is 9.82. The molecule has 164 valence electrons. The molecule has 1 fully saturated rings. The molecule has 2 aromatic heterocycles. The summed E-state index contributed by atoms with van der Waals surface area (Å²) in [7, 11) is 0. The minimum absolute atomic E-state index is 0.0257. The van der Waals surface area contributed by atoms with E-state index in [0.29, 0.717) is 5.92 Å². The number of nitrogens with zero attached hydrogens (tertiary/aromatic N) is 3. The van der Waals surface area contributed by atoms with Crippen LogP contribution in [0, 0.1) is 11.8 Å². The van der Waals surface area contributed by atoms with Crippen molar-refractivity contribution < 1.29 is 19.4 Å². The Bertz CT molecular complexity index is 1090. The summed E-state index contributed by atoms with van der Waals surface area (Å²) in [5.41, 5.74) is 1.67. The topological polar surface area (TPSA) is 100 Å². The van der Waals surface area contributed by atoms with E-state index in [1.54, 1.807) is 9.58 Å². The standard InChI is InChI=1S/C23H28N4O4/c1-14(2)27(22(28)17-6-4-15(3)5-7-17)21-20(31-23(29)30)13-26(25-21)18-9-8-16-10-11-24-19(16)12-18/h8-15,17,24H,4-7H2,1-3H3,(H,29,30). The van der Waals surface area contributed by atoms with E-state index in [0.717, 1.165) is 42.3 Å². The molecule has 2 N–H and O–H groups in total.